The molecule has 0 fully saturated rings. The first-order valence-electron chi connectivity index (χ1n) is 10.1. The van der Waals surface area contributed by atoms with Gasteiger partial charge >= 0.3 is 223 Å². The molecule has 0 aliphatic rings. The Morgan fingerprint density at radius 1 is 0.667 bits per heavy atom. The zero-order valence-electron chi connectivity index (χ0n) is 18.6. The maximum absolute atomic E-state index is 13.4. The summed E-state index contributed by atoms with van der Waals surface area (Å²) in [5, 5.41) is 9.48. The summed E-state index contributed by atoms with van der Waals surface area (Å²) in [4.78, 5) is 0. The summed E-state index contributed by atoms with van der Waals surface area (Å²) in [5.41, 5.74) is -12.9. The number of rotatable bonds is 7. The fourth-order valence-corrected chi connectivity index (χ4v) is 5.71. The Balaban J connectivity index is 2.21. The van der Waals surface area contributed by atoms with Crippen molar-refractivity contribution >= 4 is 61.5 Å². The van der Waals surface area contributed by atoms with Gasteiger partial charge in [-0.3, -0.25) is 0 Å². The Morgan fingerprint density at radius 2 is 1.18 bits per heavy atom. The molecule has 4 rings (SSSR count). The van der Waals surface area contributed by atoms with Crippen molar-refractivity contribution in [2.45, 2.75) is 11.0 Å². The molecular weight excluding hydrogens is 649 g/mol. The van der Waals surface area contributed by atoms with Crippen molar-refractivity contribution in [1.82, 2.24) is 0 Å². The normalized spacial score (nSPS) is 13.1. The number of halogens is 6. The zero-order chi connectivity index (χ0) is 28.8. The molecule has 0 saturated carbocycles. The molecule has 0 amide bonds. The van der Waals surface area contributed by atoms with E-state index in [1.165, 1.54) is 54.6 Å². The first kappa shape index (κ1) is 28.9. The monoisotopic (exact) mass is 662 g/mol. The number of hydrogen-bond donors (Lipinski definition) is 1. The van der Waals surface area contributed by atoms with Gasteiger partial charge in [0.25, 0.3) is 0 Å². The minimum atomic E-state index is -6.38. The summed E-state index contributed by atoms with van der Waals surface area (Å²) in [6.45, 7) is 0. The van der Waals surface area contributed by atoms with Crippen LogP contribution in [0, 0.1) is 0 Å². The summed E-state index contributed by atoms with van der Waals surface area (Å²) in [6.07, 6.45) is 0. The average Bonchev–Trinajstić information content (AvgIpc) is 2.83. The summed E-state index contributed by atoms with van der Waals surface area (Å²) in [6, 6.07) is 14.4. The van der Waals surface area contributed by atoms with Crippen molar-refractivity contribution < 1.29 is 60.8 Å². The molecule has 0 bridgehead atoms. The molecule has 0 saturated heterocycles. The van der Waals surface area contributed by atoms with Crippen molar-refractivity contribution in [2.24, 2.45) is 0 Å². The topological polar surface area (TPSA) is 116 Å². The van der Waals surface area contributed by atoms with E-state index in [4.69, 9.17) is 5.26 Å². The Morgan fingerprint density at radius 3 is 1.74 bits per heavy atom. The van der Waals surface area contributed by atoms with Gasteiger partial charge in [0.1, 0.15) is 0 Å². The molecule has 4 aromatic rings. The van der Waals surface area contributed by atoms with Gasteiger partial charge in [0.15, 0.2) is 0 Å². The van der Waals surface area contributed by atoms with Crippen molar-refractivity contribution in [1.29, 1.82) is 0 Å². The van der Waals surface area contributed by atoms with Crippen LogP contribution >= 0.6 is 0 Å². The van der Waals surface area contributed by atoms with Crippen LogP contribution in [0.2, 0.25) is 0 Å². The third kappa shape index (κ3) is 5.50. The Hall–Kier alpha value is -3.08. The predicted molar refractivity (Wildman–Crippen MR) is 127 cm³/mol. The second-order valence-electron chi connectivity index (χ2n) is 7.58. The Kier molecular flexibility index (Phi) is 7.52. The molecule has 0 radical (unpaired) electrons. The summed E-state index contributed by atoms with van der Waals surface area (Å²) in [5.74, 6) is -2.05. The van der Waals surface area contributed by atoms with Crippen LogP contribution in [0.4, 0.5) is 26.3 Å². The molecule has 39 heavy (non-hydrogen) atoms. The van der Waals surface area contributed by atoms with Gasteiger partial charge in [0, 0.05) is 0 Å². The van der Waals surface area contributed by atoms with Gasteiger partial charge < -0.3 is 0 Å². The fraction of sp³-hybridized carbons (Fsp3) is 0.0909. The van der Waals surface area contributed by atoms with Gasteiger partial charge in [-0.05, 0) is 0 Å². The SMILES string of the molecule is O=S(=O)(Oc1ccc2ccccc2c1-c1c(OS(=O)(=O)C(F)(F)F)c([Se]OO)cc2ccccc12)C(F)(F)F. The molecule has 0 aromatic heterocycles. The minimum absolute atomic E-state index is 0.0265. The molecule has 0 spiro atoms. The third-order valence-corrected chi connectivity index (χ3v) is 8.28. The van der Waals surface area contributed by atoms with E-state index in [1.807, 2.05) is 0 Å². The van der Waals surface area contributed by atoms with Gasteiger partial charge in [0.2, 0.25) is 0 Å². The second kappa shape index (κ2) is 10.1. The van der Waals surface area contributed by atoms with Crippen LogP contribution < -0.4 is 12.8 Å². The quantitative estimate of drug-likeness (QED) is 0.0747. The van der Waals surface area contributed by atoms with Gasteiger partial charge in [-0.2, -0.15) is 0 Å². The van der Waals surface area contributed by atoms with Crippen LogP contribution in [0.5, 0.6) is 11.5 Å². The van der Waals surface area contributed by atoms with E-state index in [-0.39, 0.29) is 21.5 Å². The van der Waals surface area contributed by atoms with Crippen LogP contribution in [0.3, 0.4) is 0 Å². The zero-order valence-corrected chi connectivity index (χ0v) is 22.0. The van der Waals surface area contributed by atoms with Gasteiger partial charge in [-0.15, -0.1) is 0 Å². The van der Waals surface area contributed by atoms with Crippen molar-refractivity contribution in [3.05, 3.63) is 66.7 Å². The second-order valence-corrected chi connectivity index (χ2v) is 12.2. The average molecular weight is 661 g/mol. The summed E-state index contributed by atoms with van der Waals surface area (Å²) >= 11 is -1.60. The van der Waals surface area contributed by atoms with Gasteiger partial charge in [-0.1, -0.05) is 0 Å². The van der Waals surface area contributed by atoms with E-state index in [1.54, 1.807) is 0 Å². The Bertz CT molecular complexity index is 1790. The summed E-state index contributed by atoms with van der Waals surface area (Å²) in [7, 11) is -12.7. The van der Waals surface area contributed by atoms with E-state index in [9.17, 15) is 43.2 Å². The van der Waals surface area contributed by atoms with Crippen molar-refractivity contribution in [3.63, 3.8) is 0 Å². The molecular formula is C22H12F6O8S2Se. The maximum atomic E-state index is 13.4. The molecule has 1 N–H and O–H groups in total. The van der Waals surface area contributed by atoms with E-state index >= 15 is 0 Å². The summed E-state index contributed by atoms with van der Waals surface area (Å²) < 4.78 is 140. The molecule has 17 heteroatoms. The number of benzene rings is 4. The van der Waals surface area contributed by atoms with E-state index < -0.39 is 73.6 Å². The predicted octanol–water partition coefficient (Wildman–Crippen LogP) is 4.85. The Labute approximate surface area is 222 Å². The van der Waals surface area contributed by atoms with Crippen LogP contribution in [0.1, 0.15) is 0 Å². The van der Waals surface area contributed by atoms with E-state index in [0.717, 1.165) is 12.1 Å². The fourth-order valence-electron chi connectivity index (χ4n) is 3.64. The molecule has 0 aliphatic heterocycles. The molecule has 8 nitrogen and oxygen atoms in total. The van der Waals surface area contributed by atoms with Crippen molar-refractivity contribution in [2.75, 3.05) is 0 Å². The van der Waals surface area contributed by atoms with Gasteiger partial charge in [0.05, 0.1) is 0 Å². The van der Waals surface area contributed by atoms with Crippen LogP contribution in [-0.2, 0) is 24.2 Å². The number of fused-ring (bicyclic) bond motifs is 2. The van der Waals surface area contributed by atoms with Crippen molar-refractivity contribution in [3.8, 4) is 22.6 Å². The molecule has 0 aliphatic carbocycles. The van der Waals surface area contributed by atoms with Crippen LogP contribution in [-0.4, -0.2) is 48.4 Å². The van der Waals surface area contributed by atoms with Crippen LogP contribution in [0.25, 0.3) is 32.7 Å². The van der Waals surface area contributed by atoms with Crippen LogP contribution in [0.15, 0.2) is 66.7 Å². The van der Waals surface area contributed by atoms with E-state index in [0.29, 0.717) is 0 Å². The molecule has 0 heterocycles. The molecule has 208 valence electrons. The molecule has 0 atom stereocenters. The van der Waals surface area contributed by atoms with Gasteiger partial charge in [-0.25, -0.2) is 0 Å². The molecule has 0 unspecified atom stereocenters. The molecule has 4 aromatic carbocycles. The number of hydrogen-bond acceptors (Lipinski definition) is 8. The number of alkyl halides is 6. The first-order chi connectivity index (χ1) is 18.1. The third-order valence-electron chi connectivity index (χ3n) is 5.19. The standard InChI is InChI=1S/C22H12F6O8S2Se/c23-21(24,25)37(30,31)34-16-10-9-12-5-1-3-7-14(12)18(16)19-15-8-4-2-6-13(15)11-17(39-36-29)20(19)35-38(32,33)22(26,27)28/h1-11,29H. The van der Waals surface area contributed by atoms with E-state index in [2.05, 4.69) is 12.3 Å². The first-order valence-corrected chi connectivity index (χ1v) is 14.5.